The van der Waals surface area contributed by atoms with Crippen LogP contribution in [0.1, 0.15) is 19.8 Å². The first kappa shape index (κ1) is 12.3. The van der Waals surface area contributed by atoms with Crippen LogP contribution >= 0.6 is 11.8 Å². The van der Waals surface area contributed by atoms with Gasteiger partial charge in [0.2, 0.25) is 5.91 Å². The monoisotopic (exact) mass is 233 g/mol. The second-order valence-electron chi connectivity index (χ2n) is 3.75. The summed E-state index contributed by atoms with van der Waals surface area (Å²) in [7, 11) is 0. The van der Waals surface area contributed by atoms with E-state index < -0.39 is 16.8 Å². The van der Waals surface area contributed by atoms with Gasteiger partial charge < -0.3 is 15.5 Å². The van der Waals surface area contributed by atoms with Crippen molar-refractivity contribution in [3.05, 3.63) is 0 Å². The fourth-order valence-electron chi connectivity index (χ4n) is 1.42. The van der Waals surface area contributed by atoms with Crippen LogP contribution in [0.3, 0.4) is 0 Å². The van der Waals surface area contributed by atoms with Gasteiger partial charge in [0.15, 0.2) is 6.10 Å². The van der Waals surface area contributed by atoms with Crippen molar-refractivity contribution in [2.24, 2.45) is 0 Å². The molecule has 1 aliphatic rings. The van der Waals surface area contributed by atoms with Crippen molar-refractivity contribution in [2.75, 3.05) is 12.3 Å². The van der Waals surface area contributed by atoms with Crippen molar-refractivity contribution in [2.45, 2.75) is 30.6 Å². The van der Waals surface area contributed by atoms with E-state index in [-0.39, 0.29) is 12.5 Å². The molecule has 0 spiro atoms. The van der Waals surface area contributed by atoms with Crippen LogP contribution in [0.5, 0.6) is 0 Å². The maximum atomic E-state index is 11.7. The molecule has 6 heteroatoms. The van der Waals surface area contributed by atoms with Gasteiger partial charge in [-0.05, 0) is 25.5 Å². The first-order valence-electron chi connectivity index (χ1n) is 4.79. The minimum Gasteiger partial charge on any atom is -0.479 e. The molecule has 86 valence electrons. The second-order valence-corrected chi connectivity index (χ2v) is 5.34. The average molecular weight is 233 g/mol. The Kier molecular flexibility index (Phi) is 3.98. The number of aliphatic hydroxyl groups is 1. The summed E-state index contributed by atoms with van der Waals surface area (Å²) in [6, 6.07) is 0. The van der Waals surface area contributed by atoms with E-state index in [0.29, 0.717) is 0 Å². The predicted octanol–water partition coefficient (Wildman–Crippen LogP) is -0.166. The number of rotatable bonds is 4. The van der Waals surface area contributed by atoms with Crippen molar-refractivity contribution in [3.8, 4) is 0 Å². The Morgan fingerprint density at radius 2 is 2.27 bits per heavy atom. The second kappa shape index (κ2) is 4.85. The quantitative estimate of drug-likeness (QED) is 0.628. The van der Waals surface area contributed by atoms with E-state index in [9.17, 15) is 9.59 Å². The minimum absolute atomic E-state index is 0.190. The van der Waals surface area contributed by atoms with Crippen LogP contribution < -0.4 is 5.32 Å². The standard InChI is InChI=1S/C9H15NO4S/c1-9(3-2-4-15-9)8(14)10-5-6(11)7(12)13/h6,11H,2-5H2,1H3,(H,10,14)(H,12,13)/t6-,9?/m0/s1. The molecule has 1 heterocycles. The van der Waals surface area contributed by atoms with Crippen molar-refractivity contribution < 1.29 is 19.8 Å². The van der Waals surface area contributed by atoms with Gasteiger partial charge in [-0.3, -0.25) is 4.79 Å². The summed E-state index contributed by atoms with van der Waals surface area (Å²) < 4.78 is -0.460. The highest BCUT2D eigenvalue weighted by Crippen LogP contribution is 2.37. The van der Waals surface area contributed by atoms with Crippen LogP contribution in [0, 0.1) is 0 Å². The summed E-state index contributed by atoms with van der Waals surface area (Å²) in [5.41, 5.74) is 0. The number of aliphatic carboxylic acids is 1. The van der Waals surface area contributed by atoms with Crippen molar-refractivity contribution in [3.63, 3.8) is 0 Å². The summed E-state index contributed by atoms with van der Waals surface area (Å²) in [4.78, 5) is 22.0. The number of hydrogen-bond acceptors (Lipinski definition) is 4. The molecule has 1 saturated heterocycles. The van der Waals surface area contributed by atoms with Crippen LogP contribution in [0.25, 0.3) is 0 Å². The Labute approximate surface area is 92.2 Å². The highest BCUT2D eigenvalue weighted by molar-refractivity contribution is 8.01. The first-order valence-corrected chi connectivity index (χ1v) is 5.77. The maximum absolute atomic E-state index is 11.7. The molecule has 0 radical (unpaired) electrons. The molecule has 0 saturated carbocycles. The lowest BCUT2D eigenvalue weighted by Gasteiger charge is -2.21. The van der Waals surface area contributed by atoms with Gasteiger partial charge in [-0.1, -0.05) is 0 Å². The zero-order valence-electron chi connectivity index (χ0n) is 8.52. The number of carboxylic acids is 1. The van der Waals surface area contributed by atoms with Gasteiger partial charge in [0.25, 0.3) is 0 Å². The molecular formula is C9H15NO4S. The Balaban J connectivity index is 2.39. The van der Waals surface area contributed by atoms with Gasteiger partial charge in [0.1, 0.15) is 0 Å². The molecule has 15 heavy (non-hydrogen) atoms. The summed E-state index contributed by atoms with van der Waals surface area (Å²) in [5.74, 6) is -0.560. The number of thioether (sulfide) groups is 1. The number of amides is 1. The third-order valence-corrected chi connectivity index (χ3v) is 3.96. The number of aliphatic hydroxyl groups excluding tert-OH is 1. The van der Waals surface area contributed by atoms with E-state index in [1.54, 1.807) is 11.8 Å². The molecule has 0 aromatic carbocycles. The lowest BCUT2D eigenvalue weighted by molar-refractivity contribution is -0.146. The van der Waals surface area contributed by atoms with Crippen LogP contribution in [0.4, 0.5) is 0 Å². The Hall–Kier alpha value is -0.750. The van der Waals surface area contributed by atoms with E-state index in [1.807, 2.05) is 6.92 Å². The fourth-order valence-corrected chi connectivity index (χ4v) is 2.65. The summed E-state index contributed by atoms with van der Waals surface area (Å²) in [5, 5.41) is 19.9. The fraction of sp³-hybridized carbons (Fsp3) is 0.778. The van der Waals surface area contributed by atoms with E-state index in [1.165, 1.54) is 0 Å². The van der Waals surface area contributed by atoms with E-state index in [4.69, 9.17) is 10.2 Å². The molecule has 3 N–H and O–H groups in total. The first-order chi connectivity index (χ1) is 6.96. The smallest absolute Gasteiger partial charge is 0.334 e. The summed E-state index contributed by atoms with van der Waals surface area (Å²) in [6.45, 7) is 1.61. The molecule has 1 rings (SSSR count). The molecule has 0 aliphatic carbocycles. The van der Waals surface area contributed by atoms with Crippen molar-refractivity contribution in [1.29, 1.82) is 0 Å². The highest BCUT2D eigenvalue weighted by atomic mass is 32.2. The Bertz CT molecular complexity index is 263. The number of carbonyl (C=O) groups is 2. The van der Waals surface area contributed by atoms with E-state index >= 15 is 0 Å². The number of hydrogen-bond donors (Lipinski definition) is 3. The molecule has 1 aliphatic heterocycles. The predicted molar refractivity (Wildman–Crippen MR) is 56.7 cm³/mol. The summed E-state index contributed by atoms with van der Waals surface area (Å²) >= 11 is 1.57. The molecule has 5 nitrogen and oxygen atoms in total. The SMILES string of the molecule is CC1(C(=O)NC[C@H](O)C(=O)O)CCCS1. The third kappa shape index (κ3) is 3.10. The average Bonchev–Trinajstić information content (AvgIpc) is 2.62. The van der Waals surface area contributed by atoms with Gasteiger partial charge in [-0.25, -0.2) is 4.79 Å². The van der Waals surface area contributed by atoms with Gasteiger partial charge in [0, 0.05) is 0 Å². The zero-order valence-corrected chi connectivity index (χ0v) is 9.34. The normalized spacial score (nSPS) is 27.3. The zero-order chi connectivity index (χ0) is 11.5. The highest BCUT2D eigenvalue weighted by Gasteiger charge is 2.37. The molecule has 0 aromatic rings. The molecule has 1 unspecified atom stereocenters. The number of carboxylic acid groups (broad SMARTS) is 1. The topological polar surface area (TPSA) is 86.6 Å². The van der Waals surface area contributed by atoms with Gasteiger partial charge in [-0.15, -0.1) is 11.8 Å². The lowest BCUT2D eigenvalue weighted by Crippen LogP contribution is -2.45. The van der Waals surface area contributed by atoms with Gasteiger partial charge in [0.05, 0.1) is 11.3 Å². The van der Waals surface area contributed by atoms with E-state index in [2.05, 4.69) is 5.32 Å². The number of carbonyl (C=O) groups excluding carboxylic acids is 1. The molecule has 0 bridgehead atoms. The van der Waals surface area contributed by atoms with Crippen LogP contribution in [-0.4, -0.2) is 45.2 Å². The molecule has 2 atom stereocenters. The van der Waals surface area contributed by atoms with Crippen LogP contribution in [0.15, 0.2) is 0 Å². The maximum Gasteiger partial charge on any atom is 0.334 e. The van der Waals surface area contributed by atoms with Crippen LogP contribution in [-0.2, 0) is 9.59 Å². The Morgan fingerprint density at radius 1 is 1.60 bits per heavy atom. The Morgan fingerprint density at radius 3 is 2.73 bits per heavy atom. The van der Waals surface area contributed by atoms with Crippen LogP contribution in [0.2, 0.25) is 0 Å². The third-order valence-electron chi connectivity index (χ3n) is 2.44. The lowest BCUT2D eigenvalue weighted by atomic mass is 10.0. The molecule has 1 fully saturated rings. The van der Waals surface area contributed by atoms with Crippen molar-refractivity contribution in [1.82, 2.24) is 5.32 Å². The number of nitrogens with one attached hydrogen (secondary N) is 1. The van der Waals surface area contributed by atoms with Gasteiger partial charge in [-0.2, -0.15) is 0 Å². The minimum atomic E-state index is -1.52. The van der Waals surface area contributed by atoms with Gasteiger partial charge >= 0.3 is 5.97 Å². The largest absolute Gasteiger partial charge is 0.479 e. The van der Waals surface area contributed by atoms with Crippen molar-refractivity contribution >= 4 is 23.6 Å². The molecular weight excluding hydrogens is 218 g/mol. The molecule has 0 aromatic heterocycles. The summed E-state index contributed by atoms with van der Waals surface area (Å²) in [6.07, 6.45) is 0.270. The van der Waals surface area contributed by atoms with E-state index in [0.717, 1.165) is 18.6 Å². The molecule has 1 amide bonds.